The van der Waals surface area contributed by atoms with Crippen LogP contribution in [-0.2, 0) is 0 Å². The van der Waals surface area contributed by atoms with E-state index < -0.39 is 0 Å². The Morgan fingerprint density at radius 1 is 1.15 bits per heavy atom. The molecule has 4 heteroatoms. The number of likely N-dealkylation sites (tertiary alicyclic amines) is 1. The van der Waals surface area contributed by atoms with Gasteiger partial charge >= 0.3 is 0 Å². The fourth-order valence-electron chi connectivity index (χ4n) is 8.15. The number of halogens is 1. The molecule has 4 aliphatic rings. The van der Waals surface area contributed by atoms with Gasteiger partial charge in [-0.2, -0.15) is 0 Å². The van der Waals surface area contributed by atoms with Gasteiger partial charge in [-0.15, -0.1) is 0 Å². The van der Waals surface area contributed by atoms with Gasteiger partial charge in [0.15, 0.2) is 0 Å². The summed E-state index contributed by atoms with van der Waals surface area (Å²) in [7, 11) is 0. The van der Waals surface area contributed by atoms with Crippen molar-refractivity contribution >= 4 is 11.6 Å². The third kappa shape index (κ3) is 7.02. The summed E-state index contributed by atoms with van der Waals surface area (Å²) in [5.74, 6) is 4.28. The van der Waals surface area contributed by atoms with Crippen LogP contribution >= 0.6 is 11.6 Å². The Hall–Kier alpha value is -0.0900. The van der Waals surface area contributed by atoms with Crippen molar-refractivity contribution in [3.8, 4) is 0 Å². The average molecular weight is 492 g/mol. The van der Waals surface area contributed by atoms with E-state index in [0.717, 1.165) is 41.2 Å². The Morgan fingerprint density at radius 3 is 2.71 bits per heavy atom. The number of hydrogen-bond donors (Lipinski definition) is 2. The molecule has 196 valence electrons. The number of rotatable bonds is 9. The van der Waals surface area contributed by atoms with E-state index in [2.05, 4.69) is 49.3 Å². The molecule has 0 bridgehead atoms. The van der Waals surface area contributed by atoms with Gasteiger partial charge in [-0.1, -0.05) is 58.2 Å². The fraction of sp³-hybridized carbons (Fsp3) is 0.933. The van der Waals surface area contributed by atoms with Gasteiger partial charge in [-0.25, -0.2) is 0 Å². The molecule has 3 nitrogen and oxygen atoms in total. The summed E-state index contributed by atoms with van der Waals surface area (Å²) in [6.07, 6.45) is 17.2. The highest BCUT2D eigenvalue weighted by Crippen LogP contribution is 2.45. The molecule has 0 radical (unpaired) electrons. The van der Waals surface area contributed by atoms with Gasteiger partial charge in [0.25, 0.3) is 0 Å². The van der Waals surface area contributed by atoms with Crippen LogP contribution in [-0.4, -0.2) is 49.7 Å². The predicted molar refractivity (Wildman–Crippen MR) is 147 cm³/mol. The van der Waals surface area contributed by atoms with Crippen LogP contribution < -0.4 is 10.6 Å². The van der Waals surface area contributed by atoms with Crippen LogP contribution in [0.2, 0.25) is 0 Å². The van der Waals surface area contributed by atoms with E-state index in [1.54, 1.807) is 0 Å². The van der Waals surface area contributed by atoms with Crippen molar-refractivity contribution in [1.82, 2.24) is 15.5 Å². The van der Waals surface area contributed by atoms with Crippen LogP contribution in [0, 0.1) is 35.0 Å². The standard InChI is InChI=1S/C30H54ClN3/c1-22(2)29(32-17-7-8-23-15-18-33-28-10-6-5-9-26(23)28)20-34-19-16-27(30(3,4)21-34)24-11-13-25(31)14-12-24/h13,22-24,26-29,32-33H,5-12,14-21H2,1-4H3/t23?,24?,26?,27?,28?,29-/m0/s1. The number of hydrogen-bond acceptors (Lipinski definition) is 3. The minimum Gasteiger partial charge on any atom is -0.314 e. The Morgan fingerprint density at radius 2 is 1.97 bits per heavy atom. The Labute approximate surface area is 216 Å². The van der Waals surface area contributed by atoms with Crippen molar-refractivity contribution in [3.63, 3.8) is 0 Å². The van der Waals surface area contributed by atoms with Gasteiger partial charge in [-0.3, -0.25) is 0 Å². The van der Waals surface area contributed by atoms with Crippen molar-refractivity contribution in [2.24, 2.45) is 35.0 Å². The summed E-state index contributed by atoms with van der Waals surface area (Å²) in [6, 6.07) is 1.44. The molecule has 2 N–H and O–H groups in total. The summed E-state index contributed by atoms with van der Waals surface area (Å²) in [6.45, 7) is 16.0. The van der Waals surface area contributed by atoms with Gasteiger partial charge in [0.2, 0.25) is 0 Å². The highest BCUT2D eigenvalue weighted by Gasteiger charge is 2.41. The highest BCUT2D eigenvalue weighted by atomic mass is 35.5. The predicted octanol–water partition coefficient (Wildman–Crippen LogP) is 6.82. The number of fused-ring (bicyclic) bond motifs is 1. The Kier molecular flexibility index (Phi) is 9.86. The van der Waals surface area contributed by atoms with Crippen molar-refractivity contribution in [1.29, 1.82) is 0 Å². The Balaban J connectivity index is 1.21. The van der Waals surface area contributed by atoms with Gasteiger partial charge in [0.05, 0.1) is 0 Å². The molecule has 0 aromatic rings. The lowest BCUT2D eigenvalue weighted by Gasteiger charge is -2.49. The van der Waals surface area contributed by atoms with E-state index in [9.17, 15) is 0 Å². The minimum absolute atomic E-state index is 0.396. The minimum atomic E-state index is 0.396. The largest absolute Gasteiger partial charge is 0.314 e. The van der Waals surface area contributed by atoms with Crippen LogP contribution in [0.15, 0.2) is 11.1 Å². The molecule has 0 aromatic carbocycles. The van der Waals surface area contributed by atoms with E-state index in [1.165, 1.54) is 96.9 Å². The summed E-state index contributed by atoms with van der Waals surface area (Å²) >= 11 is 6.27. The third-order valence-electron chi connectivity index (χ3n) is 10.1. The van der Waals surface area contributed by atoms with E-state index in [4.69, 9.17) is 11.6 Å². The SMILES string of the molecule is CC(C)[C@H](CN1CCC(C2CC=C(Cl)CC2)C(C)(C)C1)NCCCC1CCNC2CCCCC12. The van der Waals surface area contributed by atoms with E-state index >= 15 is 0 Å². The van der Waals surface area contributed by atoms with Crippen LogP contribution in [0.1, 0.15) is 98.3 Å². The first-order valence-electron chi connectivity index (χ1n) is 14.9. The Bertz CT molecular complexity index is 657. The molecule has 2 aliphatic heterocycles. The molecule has 2 saturated heterocycles. The maximum absolute atomic E-state index is 6.27. The first-order valence-corrected chi connectivity index (χ1v) is 15.2. The zero-order valence-electron chi connectivity index (χ0n) is 22.8. The first-order chi connectivity index (χ1) is 16.3. The van der Waals surface area contributed by atoms with Gasteiger partial charge in [-0.05, 0) is 112 Å². The topological polar surface area (TPSA) is 27.3 Å². The molecule has 34 heavy (non-hydrogen) atoms. The molecule has 1 saturated carbocycles. The van der Waals surface area contributed by atoms with Gasteiger partial charge in [0, 0.05) is 30.2 Å². The number of nitrogens with one attached hydrogen (secondary N) is 2. The van der Waals surface area contributed by atoms with Crippen LogP contribution in [0.25, 0.3) is 0 Å². The molecule has 3 fully saturated rings. The van der Waals surface area contributed by atoms with Crippen LogP contribution in [0.4, 0.5) is 0 Å². The molecular weight excluding hydrogens is 438 g/mol. The molecule has 4 rings (SSSR count). The summed E-state index contributed by atoms with van der Waals surface area (Å²) in [5.41, 5.74) is 0.396. The second-order valence-electron chi connectivity index (χ2n) is 13.3. The maximum Gasteiger partial charge on any atom is 0.0217 e. The third-order valence-corrected chi connectivity index (χ3v) is 10.5. The van der Waals surface area contributed by atoms with E-state index in [-0.39, 0.29) is 0 Å². The highest BCUT2D eigenvalue weighted by molar-refractivity contribution is 6.29. The molecule has 5 unspecified atom stereocenters. The van der Waals surface area contributed by atoms with Crippen LogP contribution in [0.3, 0.4) is 0 Å². The lowest BCUT2D eigenvalue weighted by Crippen LogP contribution is -2.53. The lowest BCUT2D eigenvalue weighted by molar-refractivity contribution is 0.0118. The first kappa shape index (κ1) is 27.0. The lowest BCUT2D eigenvalue weighted by atomic mass is 9.65. The normalized spacial score (nSPS) is 35.6. The fourth-order valence-corrected chi connectivity index (χ4v) is 8.35. The average Bonchev–Trinajstić information content (AvgIpc) is 2.81. The summed E-state index contributed by atoms with van der Waals surface area (Å²) < 4.78 is 0. The van der Waals surface area contributed by atoms with Crippen molar-refractivity contribution in [2.75, 3.05) is 32.7 Å². The summed E-state index contributed by atoms with van der Waals surface area (Å²) in [5, 5.41) is 8.92. The molecule has 0 amide bonds. The number of piperidine rings is 2. The number of nitrogens with zero attached hydrogens (tertiary/aromatic N) is 1. The second-order valence-corrected chi connectivity index (χ2v) is 13.8. The summed E-state index contributed by atoms with van der Waals surface area (Å²) in [4.78, 5) is 2.78. The monoisotopic (exact) mass is 491 g/mol. The van der Waals surface area contributed by atoms with Crippen LogP contribution in [0.5, 0.6) is 0 Å². The molecule has 0 aromatic heterocycles. The zero-order chi connectivity index (χ0) is 24.1. The number of allylic oxidation sites excluding steroid dienone is 2. The molecule has 2 aliphatic carbocycles. The molecule has 6 atom stereocenters. The maximum atomic E-state index is 6.27. The zero-order valence-corrected chi connectivity index (χ0v) is 23.5. The van der Waals surface area contributed by atoms with Crippen molar-refractivity contribution in [3.05, 3.63) is 11.1 Å². The van der Waals surface area contributed by atoms with Gasteiger partial charge in [0.1, 0.15) is 0 Å². The molecular formula is C30H54ClN3. The quantitative estimate of drug-likeness (QED) is 0.346. The van der Waals surface area contributed by atoms with Crippen molar-refractivity contribution in [2.45, 2.75) is 110 Å². The van der Waals surface area contributed by atoms with Gasteiger partial charge < -0.3 is 15.5 Å². The van der Waals surface area contributed by atoms with E-state index in [0.29, 0.717) is 17.4 Å². The second kappa shape index (κ2) is 12.4. The molecule has 0 spiro atoms. The molecule has 2 heterocycles. The van der Waals surface area contributed by atoms with Crippen molar-refractivity contribution < 1.29 is 0 Å². The smallest absolute Gasteiger partial charge is 0.0217 e. The van der Waals surface area contributed by atoms with E-state index in [1.807, 2.05) is 0 Å².